The van der Waals surface area contributed by atoms with Crippen molar-refractivity contribution < 1.29 is 9.13 Å². The highest BCUT2D eigenvalue weighted by atomic mass is 35.5. The van der Waals surface area contributed by atoms with Gasteiger partial charge in [-0.05, 0) is 44.9 Å². The van der Waals surface area contributed by atoms with Gasteiger partial charge in [0.25, 0.3) is 0 Å². The molecule has 1 aliphatic heterocycles. The van der Waals surface area contributed by atoms with Crippen LogP contribution in [0.3, 0.4) is 0 Å². The first-order chi connectivity index (χ1) is 9.99. The topological polar surface area (TPSA) is 24.5 Å². The highest BCUT2D eigenvalue weighted by Gasteiger charge is 2.22. The van der Waals surface area contributed by atoms with Gasteiger partial charge in [0.1, 0.15) is 11.4 Å². The van der Waals surface area contributed by atoms with Crippen LogP contribution in [0.4, 0.5) is 4.39 Å². The van der Waals surface area contributed by atoms with Crippen LogP contribution >= 0.6 is 12.4 Å². The van der Waals surface area contributed by atoms with E-state index in [0.717, 1.165) is 31.9 Å². The van der Waals surface area contributed by atoms with Crippen molar-refractivity contribution in [3.8, 4) is 5.75 Å². The molecule has 22 heavy (non-hydrogen) atoms. The van der Waals surface area contributed by atoms with Gasteiger partial charge in [0, 0.05) is 32.2 Å². The number of piperazine rings is 1. The lowest BCUT2D eigenvalue weighted by molar-refractivity contribution is 0.130. The fourth-order valence-electron chi connectivity index (χ4n) is 2.77. The zero-order chi connectivity index (χ0) is 15.3. The summed E-state index contributed by atoms with van der Waals surface area (Å²) in [5.41, 5.74) is 0.981. The molecule has 126 valence electrons. The van der Waals surface area contributed by atoms with Crippen molar-refractivity contribution in [1.29, 1.82) is 0 Å². The average Bonchev–Trinajstić information content (AvgIpc) is 2.45. The summed E-state index contributed by atoms with van der Waals surface area (Å²) in [5.74, 6) is 0.866. The zero-order valence-corrected chi connectivity index (χ0v) is 14.6. The summed E-state index contributed by atoms with van der Waals surface area (Å²) in [6.45, 7) is 9.74. The number of benzene rings is 1. The lowest BCUT2D eigenvalue weighted by Gasteiger charge is -2.35. The molecule has 0 saturated carbocycles. The first-order valence-electron chi connectivity index (χ1n) is 7.79. The summed E-state index contributed by atoms with van der Waals surface area (Å²) in [6.07, 6.45) is 0.555. The van der Waals surface area contributed by atoms with Gasteiger partial charge in [-0.3, -0.25) is 9.29 Å². The molecule has 0 amide bonds. The van der Waals surface area contributed by atoms with Crippen molar-refractivity contribution in [2.24, 2.45) is 0 Å². The van der Waals surface area contributed by atoms with Crippen LogP contribution in [-0.4, -0.2) is 43.4 Å². The second kappa shape index (κ2) is 8.70. The number of hydrogen-bond acceptors (Lipinski definition) is 3. The number of nitrogens with zero attached hydrogens (tertiary/aromatic N) is 1. The van der Waals surface area contributed by atoms with Crippen LogP contribution in [-0.2, 0) is 0 Å². The van der Waals surface area contributed by atoms with Gasteiger partial charge in [0.05, 0.1) is 6.67 Å². The van der Waals surface area contributed by atoms with E-state index in [4.69, 9.17) is 4.74 Å². The highest BCUT2D eigenvalue weighted by molar-refractivity contribution is 5.85. The van der Waals surface area contributed by atoms with Crippen LogP contribution in [0.2, 0.25) is 0 Å². The first kappa shape index (κ1) is 19.2. The number of ether oxygens (including phenoxy) is 1. The largest absolute Gasteiger partial charge is 0.488 e. The van der Waals surface area contributed by atoms with Crippen LogP contribution in [0.15, 0.2) is 24.3 Å². The maximum atomic E-state index is 12.9. The van der Waals surface area contributed by atoms with Gasteiger partial charge < -0.3 is 10.1 Å². The molecular weight excluding hydrogens is 303 g/mol. The number of nitrogens with one attached hydrogen (secondary N) is 1. The van der Waals surface area contributed by atoms with Crippen molar-refractivity contribution in [3.05, 3.63) is 29.8 Å². The van der Waals surface area contributed by atoms with E-state index in [-0.39, 0.29) is 30.7 Å². The molecule has 5 heteroatoms. The predicted octanol–water partition coefficient (Wildman–Crippen LogP) is 3.59. The van der Waals surface area contributed by atoms with Gasteiger partial charge in [0.2, 0.25) is 0 Å². The molecule has 2 rings (SSSR count). The molecule has 0 aromatic heterocycles. The Labute approximate surface area is 139 Å². The molecule has 0 radical (unpaired) electrons. The minimum atomic E-state index is -0.283. The van der Waals surface area contributed by atoms with E-state index in [2.05, 4.69) is 22.3 Å². The highest BCUT2D eigenvalue weighted by Crippen LogP contribution is 2.27. The number of halogens is 2. The number of alkyl halides is 1. The lowest BCUT2D eigenvalue weighted by Crippen LogP contribution is -2.45. The molecule has 1 aromatic rings. The van der Waals surface area contributed by atoms with E-state index in [1.54, 1.807) is 0 Å². The van der Waals surface area contributed by atoms with Crippen molar-refractivity contribution in [2.75, 3.05) is 32.9 Å². The molecular formula is C17H28ClFN2O. The van der Waals surface area contributed by atoms with E-state index in [1.165, 1.54) is 5.56 Å². The van der Waals surface area contributed by atoms with Crippen LogP contribution in [0.5, 0.6) is 5.75 Å². The molecule has 1 aromatic carbocycles. The molecule has 0 unspecified atom stereocenters. The van der Waals surface area contributed by atoms with E-state index >= 15 is 0 Å². The maximum Gasteiger partial charge on any atom is 0.120 e. The standard InChI is InChI=1S/C17H27FN2O.ClH/c1-17(2,3)21-15-6-4-14(5-7-15)16(8-9-18)20-12-10-19-11-13-20;/h4-7,16,19H,8-13H2,1-3H3;1H/t16-;/m1./s1. The molecule has 0 spiro atoms. The molecule has 1 saturated heterocycles. The van der Waals surface area contributed by atoms with Crippen molar-refractivity contribution in [1.82, 2.24) is 10.2 Å². The first-order valence-corrected chi connectivity index (χ1v) is 7.79. The second-order valence-corrected chi connectivity index (χ2v) is 6.56. The molecule has 1 N–H and O–H groups in total. The minimum Gasteiger partial charge on any atom is -0.488 e. The van der Waals surface area contributed by atoms with Crippen LogP contribution in [0.1, 0.15) is 38.8 Å². The lowest BCUT2D eigenvalue weighted by atomic mass is 10.0. The predicted molar refractivity (Wildman–Crippen MR) is 91.8 cm³/mol. The average molecular weight is 331 g/mol. The Morgan fingerprint density at radius 1 is 1.18 bits per heavy atom. The molecule has 1 heterocycles. The number of rotatable bonds is 5. The Balaban J connectivity index is 0.00000242. The third-order valence-electron chi connectivity index (χ3n) is 3.66. The Morgan fingerprint density at radius 3 is 2.27 bits per heavy atom. The number of hydrogen-bond donors (Lipinski definition) is 1. The van der Waals surface area contributed by atoms with Gasteiger partial charge in [0.15, 0.2) is 0 Å². The van der Waals surface area contributed by atoms with Crippen LogP contribution in [0, 0.1) is 0 Å². The maximum absolute atomic E-state index is 12.9. The normalized spacial score (nSPS) is 17.6. The molecule has 1 fully saturated rings. The monoisotopic (exact) mass is 330 g/mol. The summed E-state index contributed by atoms with van der Waals surface area (Å²) in [5, 5.41) is 3.34. The van der Waals surface area contributed by atoms with Crippen molar-refractivity contribution in [3.63, 3.8) is 0 Å². The fourth-order valence-corrected chi connectivity index (χ4v) is 2.77. The third-order valence-corrected chi connectivity index (χ3v) is 3.66. The third kappa shape index (κ3) is 5.75. The summed E-state index contributed by atoms with van der Waals surface area (Å²) in [6, 6.07) is 8.30. The quantitative estimate of drug-likeness (QED) is 0.893. The Morgan fingerprint density at radius 2 is 1.77 bits per heavy atom. The summed E-state index contributed by atoms with van der Waals surface area (Å²) in [7, 11) is 0. The van der Waals surface area contributed by atoms with Gasteiger partial charge in [-0.1, -0.05) is 12.1 Å². The second-order valence-electron chi connectivity index (χ2n) is 6.56. The Bertz CT molecular complexity index is 427. The Kier molecular flexibility index (Phi) is 7.60. The Hall–Kier alpha value is -0.840. The molecule has 3 nitrogen and oxygen atoms in total. The van der Waals surface area contributed by atoms with Crippen molar-refractivity contribution in [2.45, 2.75) is 38.8 Å². The van der Waals surface area contributed by atoms with E-state index < -0.39 is 0 Å². The minimum absolute atomic E-state index is 0. The van der Waals surface area contributed by atoms with Gasteiger partial charge in [-0.15, -0.1) is 12.4 Å². The summed E-state index contributed by atoms with van der Waals surface area (Å²) >= 11 is 0. The SMILES string of the molecule is CC(C)(C)Oc1ccc([C@@H](CCF)N2CCNCC2)cc1.Cl. The smallest absolute Gasteiger partial charge is 0.120 e. The van der Waals surface area contributed by atoms with Crippen LogP contribution < -0.4 is 10.1 Å². The molecule has 1 aliphatic rings. The van der Waals surface area contributed by atoms with E-state index in [1.807, 2.05) is 32.9 Å². The summed E-state index contributed by atoms with van der Waals surface area (Å²) < 4.78 is 18.8. The van der Waals surface area contributed by atoms with Gasteiger partial charge >= 0.3 is 0 Å². The van der Waals surface area contributed by atoms with E-state index in [0.29, 0.717) is 6.42 Å². The van der Waals surface area contributed by atoms with Gasteiger partial charge in [-0.2, -0.15) is 0 Å². The summed E-state index contributed by atoms with van der Waals surface area (Å²) in [4.78, 5) is 2.37. The van der Waals surface area contributed by atoms with Crippen molar-refractivity contribution >= 4 is 12.4 Å². The molecule has 0 bridgehead atoms. The molecule has 1 atom stereocenters. The van der Waals surface area contributed by atoms with Crippen LogP contribution in [0.25, 0.3) is 0 Å². The zero-order valence-electron chi connectivity index (χ0n) is 13.8. The fraction of sp³-hybridized carbons (Fsp3) is 0.647. The molecule has 0 aliphatic carbocycles. The van der Waals surface area contributed by atoms with E-state index in [9.17, 15) is 4.39 Å². The van der Waals surface area contributed by atoms with Gasteiger partial charge in [-0.25, -0.2) is 0 Å².